The second-order valence-corrected chi connectivity index (χ2v) is 12.1. The molecular formula is C35H35ClN4O6. The number of phenolic OH excluding ortho intramolecular Hbond substituents is 1. The molecule has 0 radical (unpaired) electrons. The van der Waals surface area contributed by atoms with Gasteiger partial charge in [0.25, 0.3) is 5.91 Å². The number of benzene rings is 3. The van der Waals surface area contributed by atoms with Crippen LogP contribution in [-0.2, 0) is 22.6 Å². The Labute approximate surface area is 271 Å². The normalized spacial score (nSPS) is 16.0. The molecule has 0 spiro atoms. The van der Waals surface area contributed by atoms with E-state index in [4.69, 9.17) is 16.0 Å². The summed E-state index contributed by atoms with van der Waals surface area (Å²) in [6.07, 6.45) is 2.73. The first kappa shape index (κ1) is 31.2. The fourth-order valence-corrected chi connectivity index (χ4v) is 6.26. The first-order valence-electron chi connectivity index (χ1n) is 15.5. The number of rotatable bonds is 8. The number of nitrogens with zero attached hydrogens (tertiary/aromatic N) is 3. The molecule has 6 rings (SSSR count). The fourth-order valence-electron chi connectivity index (χ4n) is 6.14. The predicted molar refractivity (Wildman–Crippen MR) is 175 cm³/mol. The number of hydrogen-bond donors (Lipinski definition) is 2. The van der Waals surface area contributed by atoms with E-state index >= 15 is 0 Å². The van der Waals surface area contributed by atoms with Crippen molar-refractivity contribution in [3.8, 4) is 5.75 Å². The molecule has 2 N–H and O–H groups in total. The molecule has 1 atom stereocenters. The summed E-state index contributed by atoms with van der Waals surface area (Å²) in [4.78, 5) is 58.4. The molecule has 3 aromatic carbocycles. The molecule has 3 amide bonds. The quantitative estimate of drug-likeness (QED) is 0.293. The van der Waals surface area contributed by atoms with E-state index in [1.54, 1.807) is 29.2 Å². The van der Waals surface area contributed by atoms with E-state index in [1.807, 2.05) is 17.0 Å². The van der Waals surface area contributed by atoms with Crippen molar-refractivity contribution in [1.29, 1.82) is 0 Å². The lowest BCUT2D eigenvalue weighted by atomic mass is 10.0. The number of para-hydroxylation sites is 2. The average Bonchev–Trinajstić information content (AvgIpc) is 3.07. The molecule has 1 aromatic heterocycles. The molecule has 238 valence electrons. The molecule has 3 heterocycles. The Morgan fingerprint density at radius 2 is 1.67 bits per heavy atom. The van der Waals surface area contributed by atoms with Crippen molar-refractivity contribution in [1.82, 2.24) is 15.1 Å². The Kier molecular flexibility index (Phi) is 9.25. The van der Waals surface area contributed by atoms with E-state index < -0.39 is 17.4 Å². The van der Waals surface area contributed by atoms with Gasteiger partial charge in [-0.1, -0.05) is 48.0 Å². The second kappa shape index (κ2) is 13.7. The summed E-state index contributed by atoms with van der Waals surface area (Å²) < 4.78 is 5.63. The summed E-state index contributed by atoms with van der Waals surface area (Å²) in [5.74, 6) is -1.39. The average molecular weight is 643 g/mol. The summed E-state index contributed by atoms with van der Waals surface area (Å²) in [5.41, 5.74) is 2.34. The molecule has 0 saturated carbocycles. The highest BCUT2D eigenvalue weighted by Crippen LogP contribution is 2.26. The van der Waals surface area contributed by atoms with Gasteiger partial charge in [0.1, 0.15) is 6.04 Å². The van der Waals surface area contributed by atoms with E-state index in [9.17, 15) is 24.3 Å². The number of piperidine rings is 1. The largest absolute Gasteiger partial charge is 0.504 e. The van der Waals surface area contributed by atoms with Crippen LogP contribution in [0.15, 0.2) is 82.0 Å². The van der Waals surface area contributed by atoms with E-state index in [1.165, 1.54) is 18.2 Å². The third kappa shape index (κ3) is 6.87. The van der Waals surface area contributed by atoms with Crippen LogP contribution in [0.3, 0.4) is 0 Å². The minimum Gasteiger partial charge on any atom is -0.504 e. The highest BCUT2D eigenvalue weighted by molar-refractivity contribution is 6.30. The van der Waals surface area contributed by atoms with Crippen LogP contribution >= 0.6 is 11.6 Å². The van der Waals surface area contributed by atoms with E-state index in [2.05, 4.69) is 22.3 Å². The van der Waals surface area contributed by atoms with Gasteiger partial charge in [-0.15, -0.1) is 0 Å². The number of halogens is 1. The molecule has 2 fully saturated rings. The Morgan fingerprint density at radius 1 is 0.913 bits per heavy atom. The van der Waals surface area contributed by atoms with Crippen LogP contribution in [0.5, 0.6) is 5.75 Å². The van der Waals surface area contributed by atoms with Gasteiger partial charge in [-0.25, -0.2) is 0 Å². The van der Waals surface area contributed by atoms with Gasteiger partial charge in [-0.05, 0) is 54.3 Å². The van der Waals surface area contributed by atoms with Gasteiger partial charge in [0, 0.05) is 68.9 Å². The Hall–Kier alpha value is -4.83. The first-order chi connectivity index (χ1) is 22.3. The summed E-state index contributed by atoms with van der Waals surface area (Å²) in [5, 5.41) is 13.7. The highest BCUT2D eigenvalue weighted by Gasteiger charge is 2.31. The molecule has 2 saturated heterocycles. The van der Waals surface area contributed by atoms with Crippen LogP contribution in [-0.4, -0.2) is 71.4 Å². The molecular weight excluding hydrogens is 608 g/mol. The lowest BCUT2D eigenvalue weighted by molar-refractivity contribution is -0.134. The molecule has 0 aliphatic carbocycles. The van der Waals surface area contributed by atoms with Gasteiger partial charge < -0.3 is 29.5 Å². The number of likely N-dealkylation sites (tertiary alicyclic amines) is 1. The maximum Gasteiger partial charge on any atom is 0.287 e. The van der Waals surface area contributed by atoms with Gasteiger partial charge in [-0.3, -0.25) is 19.2 Å². The van der Waals surface area contributed by atoms with Gasteiger partial charge >= 0.3 is 0 Å². The lowest BCUT2D eigenvalue weighted by Gasteiger charge is -2.39. The lowest BCUT2D eigenvalue weighted by Crippen LogP contribution is -2.55. The zero-order valence-corrected chi connectivity index (χ0v) is 26.0. The van der Waals surface area contributed by atoms with Crippen molar-refractivity contribution in [2.24, 2.45) is 0 Å². The number of hydrogen-bond acceptors (Lipinski definition) is 7. The van der Waals surface area contributed by atoms with Crippen molar-refractivity contribution in [2.75, 3.05) is 37.6 Å². The summed E-state index contributed by atoms with van der Waals surface area (Å²) in [6.45, 7) is 3.35. The number of anilines is 1. The smallest absolute Gasteiger partial charge is 0.287 e. The zero-order chi connectivity index (χ0) is 32.2. The first-order valence-corrected chi connectivity index (χ1v) is 15.8. The Morgan fingerprint density at radius 3 is 2.43 bits per heavy atom. The number of aromatic hydroxyl groups is 1. The Bertz CT molecular complexity index is 1820. The minimum atomic E-state index is -0.956. The number of phenols is 1. The monoisotopic (exact) mass is 642 g/mol. The van der Waals surface area contributed by atoms with Crippen molar-refractivity contribution in [3.63, 3.8) is 0 Å². The second-order valence-electron chi connectivity index (χ2n) is 11.7. The maximum atomic E-state index is 14.0. The maximum absolute atomic E-state index is 14.0. The SMILES string of the molecule is O=C(N[C@H](Cc1ccc(Cl)cc1)C(=O)N1CCN(c2ccccc2CN2CCCCC2=O)CC1)c1cc(=O)c2cccc(O)c2o1. The van der Waals surface area contributed by atoms with Crippen molar-refractivity contribution < 1.29 is 23.9 Å². The number of piperazine rings is 1. The highest BCUT2D eigenvalue weighted by atomic mass is 35.5. The number of nitrogens with one attached hydrogen (secondary N) is 1. The summed E-state index contributed by atoms with van der Waals surface area (Å²) >= 11 is 6.08. The van der Waals surface area contributed by atoms with Crippen LogP contribution in [0.4, 0.5) is 5.69 Å². The van der Waals surface area contributed by atoms with Crippen LogP contribution in [0.2, 0.25) is 5.02 Å². The summed E-state index contributed by atoms with van der Waals surface area (Å²) in [6, 6.07) is 19.6. The standard InChI is InChI=1S/C35H35ClN4O6/c36-25-13-11-23(12-14-25)20-27(37-34(44)31-21-30(42)26-7-5-9-29(41)33(26)46-31)35(45)39-18-16-38(17-19-39)28-8-2-1-6-24(28)22-40-15-4-3-10-32(40)43/h1-2,5-9,11-14,21,27,41H,3-4,10,15-20,22H2,(H,37,44)/t27-/m1/s1. The number of fused-ring (bicyclic) bond motifs is 1. The Balaban J connectivity index is 1.18. The topological polar surface area (TPSA) is 123 Å². The van der Waals surface area contributed by atoms with Crippen molar-refractivity contribution in [3.05, 3.63) is 105 Å². The molecule has 2 aliphatic heterocycles. The van der Waals surface area contributed by atoms with Crippen LogP contribution in [0.1, 0.15) is 40.9 Å². The van der Waals surface area contributed by atoms with Crippen molar-refractivity contribution >= 4 is 46.0 Å². The van der Waals surface area contributed by atoms with Crippen LogP contribution in [0.25, 0.3) is 11.0 Å². The van der Waals surface area contributed by atoms with Crippen LogP contribution < -0.4 is 15.6 Å². The summed E-state index contributed by atoms with van der Waals surface area (Å²) in [7, 11) is 0. The molecule has 11 heteroatoms. The van der Waals surface area contributed by atoms with Gasteiger partial charge in [0.2, 0.25) is 11.8 Å². The van der Waals surface area contributed by atoms with Gasteiger partial charge in [-0.2, -0.15) is 0 Å². The molecule has 0 bridgehead atoms. The van der Waals surface area contributed by atoms with Crippen LogP contribution in [0, 0.1) is 0 Å². The van der Waals surface area contributed by atoms with E-state index in [-0.39, 0.29) is 40.7 Å². The van der Waals surface area contributed by atoms with Gasteiger partial charge in [0.05, 0.1) is 5.39 Å². The van der Waals surface area contributed by atoms with Gasteiger partial charge in [0.15, 0.2) is 22.5 Å². The molecule has 0 unspecified atom stereocenters. The molecule has 46 heavy (non-hydrogen) atoms. The number of carbonyl (C=O) groups is 3. The minimum absolute atomic E-state index is 0.0956. The van der Waals surface area contributed by atoms with Crippen molar-refractivity contribution in [2.45, 2.75) is 38.3 Å². The van der Waals surface area contributed by atoms with E-state index in [0.29, 0.717) is 44.2 Å². The number of carbonyl (C=O) groups excluding carboxylic acids is 3. The van der Waals surface area contributed by atoms with E-state index in [0.717, 1.165) is 42.3 Å². The predicted octanol–water partition coefficient (Wildman–Crippen LogP) is 4.35. The third-order valence-corrected chi connectivity index (χ3v) is 8.87. The fraction of sp³-hybridized carbons (Fsp3) is 0.314. The number of amides is 3. The molecule has 4 aromatic rings. The molecule has 10 nitrogen and oxygen atoms in total. The zero-order valence-electron chi connectivity index (χ0n) is 25.3. The third-order valence-electron chi connectivity index (χ3n) is 8.62. The molecule has 2 aliphatic rings.